The lowest BCUT2D eigenvalue weighted by molar-refractivity contribution is -0.386. The Balaban J connectivity index is 1.35. The quantitative estimate of drug-likeness (QED) is 0.0770. The van der Waals surface area contributed by atoms with E-state index in [0.717, 1.165) is 6.92 Å². The van der Waals surface area contributed by atoms with E-state index in [1.165, 1.54) is 0 Å². The Hall–Kier alpha value is -1.53. The summed E-state index contributed by atoms with van der Waals surface area (Å²) in [4.78, 5) is 12.4. The van der Waals surface area contributed by atoms with E-state index in [4.69, 9.17) is 42.6 Å². The van der Waals surface area contributed by atoms with Crippen LogP contribution in [0.2, 0.25) is 0 Å². The van der Waals surface area contributed by atoms with Crippen LogP contribution in [0.15, 0.2) is 0 Å². The van der Waals surface area contributed by atoms with Crippen molar-refractivity contribution in [3.8, 4) is 0 Å². The summed E-state index contributed by atoms with van der Waals surface area (Å²) < 4.78 is 50.0. The third-order valence-electron chi connectivity index (χ3n) is 10.7. The number of aliphatic hydroxyl groups is 16. The lowest BCUT2D eigenvalue weighted by Crippen LogP contribution is -2.70. The van der Waals surface area contributed by atoms with Crippen molar-refractivity contribution in [3.05, 3.63) is 0 Å². The van der Waals surface area contributed by atoms with Crippen molar-refractivity contribution in [1.82, 2.24) is 5.32 Å². The molecule has 344 valence electrons. The molecule has 17 N–H and O–H groups in total. The SMILES string of the molecule is CC(=O)N[C@H]1C(O[C@H]2[C@@H](O)[C@@H](CO)O[C@@H](O[C@H]3[C@H](O)[C@@H](O)C(O)O[C@@H]3CO)[C@@H]2O)O[C@H](CO)[C@@H](O[C@@H]2O[C@H](CO)[C@H](O)[C@H](O[C@H]3O[C@H](CO)[C@H](O)[C@H](O)[C@H]3O)[C@H]2O)[C@@H]1O. The predicted octanol–water partition coefficient (Wildman–Crippen LogP) is -11.8. The second-order valence-electron chi connectivity index (χ2n) is 14.7. The zero-order chi connectivity index (χ0) is 43.6. The van der Waals surface area contributed by atoms with Crippen LogP contribution in [-0.4, -0.2) is 274 Å². The molecule has 59 heavy (non-hydrogen) atoms. The maximum absolute atomic E-state index is 12.4. The number of aliphatic hydroxyl groups excluding tert-OH is 16. The Morgan fingerprint density at radius 2 is 0.780 bits per heavy atom. The summed E-state index contributed by atoms with van der Waals surface area (Å²) in [5, 5.41) is 169. The largest absolute Gasteiger partial charge is 0.394 e. The van der Waals surface area contributed by atoms with E-state index < -0.39 is 192 Å². The number of carbonyl (C=O) groups is 1. The fourth-order valence-corrected chi connectivity index (χ4v) is 7.43. The van der Waals surface area contributed by atoms with Gasteiger partial charge in [-0.15, -0.1) is 0 Å². The maximum atomic E-state index is 12.4. The summed E-state index contributed by atoms with van der Waals surface area (Å²) in [6, 6.07) is -1.72. The fourth-order valence-electron chi connectivity index (χ4n) is 7.43. The van der Waals surface area contributed by atoms with E-state index in [9.17, 15) is 86.5 Å². The molecule has 5 aliphatic rings. The zero-order valence-electron chi connectivity index (χ0n) is 31.2. The van der Waals surface area contributed by atoms with Crippen LogP contribution >= 0.6 is 0 Å². The number of rotatable bonds is 14. The van der Waals surface area contributed by atoms with Crippen molar-refractivity contribution < 1.29 is 129 Å². The molecule has 0 aromatic carbocycles. The minimum Gasteiger partial charge on any atom is -0.394 e. The van der Waals surface area contributed by atoms with Gasteiger partial charge in [0.1, 0.15) is 122 Å². The highest BCUT2D eigenvalue weighted by atomic mass is 16.8. The minimum atomic E-state index is -2.09. The Bertz CT molecular complexity index is 1320. The molecule has 0 aromatic rings. The molecule has 2 unspecified atom stereocenters. The molecule has 1 amide bonds. The summed E-state index contributed by atoms with van der Waals surface area (Å²) in [6.45, 7) is -3.57. The molecule has 25 atom stereocenters. The number of nitrogens with one attached hydrogen (secondary N) is 1. The van der Waals surface area contributed by atoms with Crippen LogP contribution in [0.5, 0.6) is 0 Å². The summed E-state index contributed by atoms with van der Waals surface area (Å²) in [5.74, 6) is -0.817. The second-order valence-corrected chi connectivity index (χ2v) is 14.7. The van der Waals surface area contributed by atoms with E-state index >= 15 is 0 Å². The average Bonchev–Trinajstić information content (AvgIpc) is 3.21. The average molecular weight is 870 g/mol. The summed E-state index contributed by atoms with van der Waals surface area (Å²) >= 11 is 0. The van der Waals surface area contributed by atoms with Crippen molar-refractivity contribution in [3.63, 3.8) is 0 Å². The first-order chi connectivity index (χ1) is 27.9. The van der Waals surface area contributed by atoms with Gasteiger partial charge in [0.15, 0.2) is 31.5 Å². The molecule has 0 aliphatic carbocycles. The van der Waals surface area contributed by atoms with Gasteiger partial charge in [-0.05, 0) is 0 Å². The van der Waals surface area contributed by atoms with Crippen LogP contribution in [0.25, 0.3) is 0 Å². The van der Waals surface area contributed by atoms with Crippen molar-refractivity contribution in [2.45, 2.75) is 160 Å². The number of ether oxygens (including phenoxy) is 9. The third kappa shape index (κ3) is 10.2. The Morgan fingerprint density at radius 1 is 0.407 bits per heavy atom. The number of carbonyl (C=O) groups excluding carboxylic acids is 1. The van der Waals surface area contributed by atoms with Crippen molar-refractivity contribution in [1.29, 1.82) is 0 Å². The van der Waals surface area contributed by atoms with E-state index in [1.807, 2.05) is 0 Å². The van der Waals surface area contributed by atoms with Gasteiger partial charge >= 0.3 is 0 Å². The molecule has 27 nitrogen and oxygen atoms in total. The van der Waals surface area contributed by atoms with Gasteiger partial charge in [-0.25, -0.2) is 0 Å². The van der Waals surface area contributed by atoms with Gasteiger partial charge in [0, 0.05) is 6.92 Å². The molecular weight excluding hydrogens is 814 g/mol. The summed E-state index contributed by atoms with van der Waals surface area (Å²) in [6.07, 6.45) is -44.3. The smallest absolute Gasteiger partial charge is 0.217 e. The van der Waals surface area contributed by atoms with Crippen molar-refractivity contribution in [2.24, 2.45) is 0 Å². The van der Waals surface area contributed by atoms with E-state index in [2.05, 4.69) is 5.32 Å². The van der Waals surface area contributed by atoms with Gasteiger partial charge in [0.05, 0.1) is 33.0 Å². The second kappa shape index (κ2) is 20.8. The molecule has 0 aromatic heterocycles. The highest BCUT2D eigenvalue weighted by Crippen LogP contribution is 2.35. The topological polar surface area (TPSA) is 436 Å². The number of hydrogen-bond donors (Lipinski definition) is 17. The van der Waals surface area contributed by atoms with Gasteiger partial charge in [-0.3, -0.25) is 4.79 Å². The molecule has 5 fully saturated rings. The van der Waals surface area contributed by atoms with Gasteiger partial charge in [-0.1, -0.05) is 0 Å². The van der Waals surface area contributed by atoms with E-state index in [-0.39, 0.29) is 0 Å². The first-order valence-electron chi connectivity index (χ1n) is 18.6. The minimum absolute atomic E-state index is 0.817. The third-order valence-corrected chi connectivity index (χ3v) is 10.7. The molecule has 0 bridgehead atoms. The van der Waals surface area contributed by atoms with Gasteiger partial charge in [-0.2, -0.15) is 0 Å². The van der Waals surface area contributed by atoms with Crippen LogP contribution in [-0.2, 0) is 47.4 Å². The summed E-state index contributed by atoms with van der Waals surface area (Å²) in [7, 11) is 0. The molecule has 5 aliphatic heterocycles. The Morgan fingerprint density at radius 3 is 1.24 bits per heavy atom. The van der Waals surface area contributed by atoms with Crippen LogP contribution in [0.4, 0.5) is 0 Å². The van der Waals surface area contributed by atoms with Crippen LogP contribution in [0.3, 0.4) is 0 Å². The molecule has 5 saturated heterocycles. The summed E-state index contributed by atoms with van der Waals surface area (Å²) in [5.41, 5.74) is 0. The molecule has 0 radical (unpaired) electrons. The van der Waals surface area contributed by atoms with E-state index in [1.54, 1.807) is 0 Å². The van der Waals surface area contributed by atoms with Crippen LogP contribution < -0.4 is 5.32 Å². The number of hydrogen-bond acceptors (Lipinski definition) is 26. The predicted molar refractivity (Wildman–Crippen MR) is 178 cm³/mol. The van der Waals surface area contributed by atoms with Gasteiger partial charge in [0.25, 0.3) is 0 Å². The van der Waals surface area contributed by atoms with E-state index in [0.29, 0.717) is 0 Å². The highest BCUT2D eigenvalue weighted by Gasteiger charge is 2.57. The lowest BCUT2D eigenvalue weighted by Gasteiger charge is -2.50. The van der Waals surface area contributed by atoms with Crippen LogP contribution in [0, 0.1) is 0 Å². The first-order valence-corrected chi connectivity index (χ1v) is 18.6. The lowest BCUT2D eigenvalue weighted by atomic mass is 9.94. The highest BCUT2D eigenvalue weighted by molar-refractivity contribution is 5.73. The monoisotopic (exact) mass is 869 g/mol. The normalized spacial score (nSPS) is 51.0. The molecule has 5 heterocycles. The van der Waals surface area contributed by atoms with Gasteiger partial charge in [0.2, 0.25) is 5.91 Å². The molecule has 0 saturated carbocycles. The first kappa shape index (κ1) is 48.5. The van der Waals surface area contributed by atoms with Crippen molar-refractivity contribution >= 4 is 5.91 Å². The molecule has 0 spiro atoms. The molecule has 27 heteroatoms. The van der Waals surface area contributed by atoms with Crippen LogP contribution in [0.1, 0.15) is 6.92 Å². The van der Waals surface area contributed by atoms with Gasteiger partial charge < -0.3 is 130 Å². The Labute approximate surface area is 333 Å². The maximum Gasteiger partial charge on any atom is 0.217 e. The van der Waals surface area contributed by atoms with Crippen molar-refractivity contribution in [2.75, 3.05) is 33.0 Å². The fraction of sp³-hybridized carbons (Fsp3) is 0.969. The molecular formula is C32H55NO26. The standard InChI is InChI=1S/C32H55NO26/c1-7(39)33-13-17(43)24(56-31-23(49)27(16(42)10(4-36)53-31)59-30-21(47)18(44)14(40)8(2-34)52-30)12(6-38)55-29(13)58-26-15(41)9(3-35)54-32(22(26)48)57-25-11(5-37)51-28(50)20(46)19(25)45/h8-32,34-38,40-50H,2-6H2,1H3,(H,33,39)/t8-,9-,10-,11-,12-,13-,14+,15+,16+,17-,18+,19-,20-,21-,22-,23-,24-,25-,26+,27+,28?,29?,30-,31+,32+/m1/s1. The zero-order valence-corrected chi connectivity index (χ0v) is 31.2. The Kier molecular flexibility index (Phi) is 17.1. The number of amides is 1. The molecule has 5 rings (SSSR count).